The number of aliphatic hydroxyl groups is 2. The molecule has 1 fully saturated rings. The number of alkyl halides is 1. The fourth-order valence-electron chi connectivity index (χ4n) is 2.52. The van der Waals surface area contributed by atoms with Crippen LogP contribution in [0.5, 0.6) is 0 Å². The van der Waals surface area contributed by atoms with Crippen LogP contribution in [-0.2, 0) is 9.53 Å². The molecular weight excluding hydrogens is 321 g/mol. The number of aromatic nitrogens is 2. The lowest BCUT2D eigenvalue weighted by Gasteiger charge is -2.30. The zero-order valence-electron chi connectivity index (χ0n) is 13.8. The third-order valence-corrected chi connectivity index (χ3v) is 4.26. The summed E-state index contributed by atoms with van der Waals surface area (Å²) in [4.78, 5) is 27.5. The molecular formula is C15H22FN3O5. The molecule has 4 atom stereocenters. The van der Waals surface area contributed by atoms with Crippen molar-refractivity contribution in [3.8, 4) is 0 Å². The van der Waals surface area contributed by atoms with Gasteiger partial charge in [0, 0.05) is 12.1 Å². The number of hydrogen-bond donors (Lipinski definition) is 3. The molecule has 2 unspecified atom stereocenters. The van der Waals surface area contributed by atoms with Crippen molar-refractivity contribution in [2.24, 2.45) is 5.92 Å². The number of anilines is 1. The highest BCUT2D eigenvalue weighted by atomic mass is 19.1. The van der Waals surface area contributed by atoms with Gasteiger partial charge in [0.05, 0.1) is 19.3 Å². The fourth-order valence-corrected chi connectivity index (χ4v) is 2.52. The maximum Gasteiger partial charge on any atom is 0.349 e. The number of nitrogens with one attached hydrogen (secondary N) is 1. The van der Waals surface area contributed by atoms with Gasteiger partial charge in [-0.2, -0.15) is 4.98 Å². The molecule has 8 nitrogen and oxygen atoms in total. The molecule has 0 bridgehead atoms. The molecule has 1 aromatic rings. The number of nitrogens with zero attached hydrogens (tertiary/aromatic N) is 2. The highest BCUT2D eigenvalue weighted by Gasteiger charge is 2.54. The van der Waals surface area contributed by atoms with Crippen LogP contribution in [0, 0.1) is 5.92 Å². The second-order valence-corrected chi connectivity index (χ2v) is 6.23. The largest absolute Gasteiger partial charge is 0.394 e. The first-order valence-corrected chi connectivity index (χ1v) is 7.70. The monoisotopic (exact) mass is 343 g/mol. The van der Waals surface area contributed by atoms with E-state index in [0.29, 0.717) is 0 Å². The van der Waals surface area contributed by atoms with E-state index in [4.69, 9.17) is 9.84 Å². The van der Waals surface area contributed by atoms with E-state index in [-0.39, 0.29) is 17.6 Å². The summed E-state index contributed by atoms with van der Waals surface area (Å²) in [6, 6.07) is 0.312. The molecule has 2 rings (SSSR count). The summed E-state index contributed by atoms with van der Waals surface area (Å²) in [6.45, 7) is 3.85. The van der Waals surface area contributed by atoms with Gasteiger partial charge < -0.3 is 20.3 Å². The standard InChI is InChI=1S/C15H22FN3O5/c1-8(2)13(22)17-11-4-5-19(14(23)18-11)9(3)15(16)7-24-10(6-20)12(15)21/h4-5,8-10,12,20-21H,6-7H2,1-3H3,(H,17,18,22,23)/t9-,10?,12?,15-/m1/s1. The first kappa shape index (κ1) is 18.5. The first-order valence-electron chi connectivity index (χ1n) is 7.70. The Morgan fingerprint density at radius 1 is 1.58 bits per heavy atom. The predicted octanol–water partition coefficient (Wildman–Crippen LogP) is -0.141. The van der Waals surface area contributed by atoms with Crippen molar-refractivity contribution in [3.05, 3.63) is 22.7 Å². The summed E-state index contributed by atoms with van der Waals surface area (Å²) in [5.74, 6) is -0.491. The van der Waals surface area contributed by atoms with E-state index in [2.05, 4.69) is 10.3 Å². The quantitative estimate of drug-likeness (QED) is 0.686. The molecule has 3 N–H and O–H groups in total. The van der Waals surface area contributed by atoms with Crippen LogP contribution in [0.15, 0.2) is 17.1 Å². The maximum absolute atomic E-state index is 15.1. The van der Waals surface area contributed by atoms with E-state index in [1.165, 1.54) is 19.2 Å². The first-order chi connectivity index (χ1) is 11.2. The molecule has 2 heterocycles. The molecule has 9 heteroatoms. The molecule has 1 aliphatic rings. The summed E-state index contributed by atoms with van der Waals surface area (Å²) in [5.41, 5.74) is -3.00. The average Bonchev–Trinajstić information content (AvgIpc) is 2.83. The van der Waals surface area contributed by atoms with Gasteiger partial charge in [0.1, 0.15) is 18.0 Å². The number of amides is 1. The van der Waals surface area contributed by atoms with Crippen molar-refractivity contribution < 1.29 is 24.1 Å². The third-order valence-electron chi connectivity index (χ3n) is 4.26. The Kier molecular flexibility index (Phi) is 5.36. The van der Waals surface area contributed by atoms with Gasteiger partial charge in [-0.3, -0.25) is 9.36 Å². The lowest BCUT2D eigenvalue weighted by molar-refractivity contribution is -0.118. The number of carbonyl (C=O) groups excluding carboxylic acids is 1. The minimum absolute atomic E-state index is 0.0755. The van der Waals surface area contributed by atoms with Gasteiger partial charge >= 0.3 is 5.69 Å². The summed E-state index contributed by atoms with van der Waals surface area (Å²) < 4.78 is 21.1. The van der Waals surface area contributed by atoms with Crippen molar-refractivity contribution >= 4 is 11.7 Å². The molecule has 1 aromatic heterocycles. The molecule has 0 spiro atoms. The van der Waals surface area contributed by atoms with Gasteiger partial charge in [0.15, 0.2) is 5.67 Å². The van der Waals surface area contributed by atoms with E-state index >= 15 is 4.39 Å². The Bertz CT molecular complexity index is 665. The summed E-state index contributed by atoms with van der Waals surface area (Å²) in [6.07, 6.45) is -1.30. The van der Waals surface area contributed by atoms with Gasteiger partial charge in [-0.1, -0.05) is 13.8 Å². The van der Waals surface area contributed by atoms with Gasteiger partial charge in [-0.05, 0) is 13.0 Å². The SMILES string of the molecule is CC(C)C(=O)Nc1ccn([C@H](C)[C@]2(F)COC(CO)C2O)c(=O)n1. The highest BCUT2D eigenvalue weighted by molar-refractivity contribution is 5.91. The predicted molar refractivity (Wildman–Crippen MR) is 83.3 cm³/mol. The third kappa shape index (κ3) is 3.33. The zero-order valence-corrected chi connectivity index (χ0v) is 13.8. The molecule has 24 heavy (non-hydrogen) atoms. The Morgan fingerprint density at radius 3 is 2.75 bits per heavy atom. The Labute approximate surface area is 138 Å². The van der Waals surface area contributed by atoms with Crippen LogP contribution in [0.4, 0.5) is 10.2 Å². The van der Waals surface area contributed by atoms with Crippen molar-refractivity contribution in [2.45, 2.75) is 44.7 Å². The number of hydrogen-bond acceptors (Lipinski definition) is 6. The number of carbonyl (C=O) groups is 1. The minimum atomic E-state index is -2.23. The molecule has 1 amide bonds. The normalized spacial score (nSPS) is 28.1. The van der Waals surface area contributed by atoms with Gasteiger partial charge in [-0.15, -0.1) is 0 Å². The van der Waals surface area contributed by atoms with Gasteiger partial charge in [-0.25, -0.2) is 9.18 Å². The lowest BCUT2D eigenvalue weighted by atomic mass is 9.91. The zero-order chi connectivity index (χ0) is 18.1. The van der Waals surface area contributed by atoms with Crippen LogP contribution in [0.1, 0.15) is 26.8 Å². The average molecular weight is 343 g/mol. The lowest BCUT2D eigenvalue weighted by Crippen LogP contribution is -2.49. The van der Waals surface area contributed by atoms with Crippen molar-refractivity contribution in [3.63, 3.8) is 0 Å². The van der Waals surface area contributed by atoms with E-state index in [1.54, 1.807) is 13.8 Å². The second-order valence-electron chi connectivity index (χ2n) is 6.23. The van der Waals surface area contributed by atoms with Crippen LogP contribution in [-0.4, -0.2) is 56.8 Å². The topological polar surface area (TPSA) is 114 Å². The van der Waals surface area contributed by atoms with Crippen LogP contribution < -0.4 is 11.0 Å². The molecule has 0 aromatic carbocycles. The molecule has 0 saturated carbocycles. The summed E-state index contributed by atoms with van der Waals surface area (Å²) >= 11 is 0. The van der Waals surface area contributed by atoms with Crippen LogP contribution in [0.25, 0.3) is 0 Å². The van der Waals surface area contributed by atoms with E-state index in [0.717, 1.165) is 4.57 Å². The Morgan fingerprint density at radius 2 is 2.25 bits per heavy atom. The number of aliphatic hydroxyl groups excluding tert-OH is 2. The van der Waals surface area contributed by atoms with Crippen molar-refractivity contribution in [2.75, 3.05) is 18.5 Å². The number of halogens is 1. The van der Waals surface area contributed by atoms with Crippen molar-refractivity contribution in [1.29, 1.82) is 0 Å². The minimum Gasteiger partial charge on any atom is -0.394 e. The number of rotatable bonds is 5. The summed E-state index contributed by atoms with van der Waals surface area (Å²) in [7, 11) is 0. The van der Waals surface area contributed by atoms with E-state index in [9.17, 15) is 14.7 Å². The van der Waals surface area contributed by atoms with Gasteiger partial charge in [0.25, 0.3) is 0 Å². The van der Waals surface area contributed by atoms with Crippen LogP contribution >= 0.6 is 0 Å². The molecule has 0 radical (unpaired) electrons. The summed E-state index contributed by atoms with van der Waals surface area (Å²) in [5, 5.41) is 21.6. The fraction of sp³-hybridized carbons (Fsp3) is 0.667. The highest BCUT2D eigenvalue weighted by Crippen LogP contribution is 2.37. The van der Waals surface area contributed by atoms with E-state index in [1.807, 2.05) is 0 Å². The van der Waals surface area contributed by atoms with Crippen LogP contribution in [0.2, 0.25) is 0 Å². The molecule has 1 aliphatic heterocycles. The van der Waals surface area contributed by atoms with E-state index < -0.39 is 42.8 Å². The maximum atomic E-state index is 15.1. The Balaban J connectivity index is 2.23. The van der Waals surface area contributed by atoms with Crippen LogP contribution in [0.3, 0.4) is 0 Å². The molecule has 1 saturated heterocycles. The molecule has 134 valence electrons. The number of ether oxygens (including phenoxy) is 1. The smallest absolute Gasteiger partial charge is 0.349 e. The van der Waals surface area contributed by atoms with Gasteiger partial charge in [0.2, 0.25) is 5.91 Å². The molecule has 0 aliphatic carbocycles. The van der Waals surface area contributed by atoms with Crippen molar-refractivity contribution in [1.82, 2.24) is 9.55 Å². The second kappa shape index (κ2) is 6.96. The Hall–Kier alpha value is -1.84.